The Kier molecular flexibility index (Phi) is 3.67. The highest BCUT2D eigenvalue weighted by Crippen LogP contribution is 2.44. The summed E-state index contributed by atoms with van der Waals surface area (Å²) in [7, 11) is 1.60. The van der Waals surface area contributed by atoms with Gasteiger partial charge in [0.15, 0.2) is 5.79 Å². The van der Waals surface area contributed by atoms with Gasteiger partial charge in [-0.1, -0.05) is 6.07 Å². The van der Waals surface area contributed by atoms with Crippen molar-refractivity contribution in [2.24, 2.45) is 0 Å². The quantitative estimate of drug-likeness (QED) is 0.894. The van der Waals surface area contributed by atoms with Gasteiger partial charge in [0.1, 0.15) is 0 Å². The molecule has 5 heteroatoms. The SMILES string of the molecule is COc1ccc([C@H]2CC3(CC[C@@H]2O)OCCO3)c(C)n1. The number of aromatic nitrogens is 1. The summed E-state index contributed by atoms with van der Waals surface area (Å²) in [6.45, 7) is 3.23. The third kappa shape index (κ3) is 2.41. The fourth-order valence-electron chi connectivity index (χ4n) is 3.27. The monoisotopic (exact) mass is 279 g/mol. The first-order chi connectivity index (χ1) is 9.63. The molecule has 1 spiro atoms. The van der Waals surface area contributed by atoms with Crippen LogP contribution in [0.25, 0.3) is 0 Å². The topological polar surface area (TPSA) is 60.8 Å². The van der Waals surface area contributed by atoms with Gasteiger partial charge >= 0.3 is 0 Å². The van der Waals surface area contributed by atoms with E-state index in [0.29, 0.717) is 31.9 Å². The van der Waals surface area contributed by atoms with Crippen LogP contribution >= 0.6 is 0 Å². The lowest BCUT2D eigenvalue weighted by molar-refractivity contribution is -0.193. The molecule has 1 saturated heterocycles. The van der Waals surface area contributed by atoms with Crippen LogP contribution in [0.1, 0.15) is 36.4 Å². The molecule has 110 valence electrons. The first-order valence-corrected chi connectivity index (χ1v) is 7.11. The van der Waals surface area contributed by atoms with E-state index >= 15 is 0 Å². The molecular weight excluding hydrogens is 258 g/mol. The zero-order valence-corrected chi connectivity index (χ0v) is 12.0. The first kappa shape index (κ1) is 13.8. The Morgan fingerprint density at radius 2 is 2.10 bits per heavy atom. The zero-order valence-electron chi connectivity index (χ0n) is 12.0. The van der Waals surface area contributed by atoms with E-state index in [1.54, 1.807) is 7.11 Å². The smallest absolute Gasteiger partial charge is 0.213 e. The maximum Gasteiger partial charge on any atom is 0.213 e. The summed E-state index contributed by atoms with van der Waals surface area (Å²) >= 11 is 0. The van der Waals surface area contributed by atoms with E-state index in [1.165, 1.54) is 0 Å². The molecule has 1 aromatic rings. The van der Waals surface area contributed by atoms with Crippen molar-refractivity contribution in [3.8, 4) is 5.88 Å². The van der Waals surface area contributed by atoms with Crippen molar-refractivity contribution in [2.45, 2.75) is 44.0 Å². The molecule has 5 nitrogen and oxygen atoms in total. The van der Waals surface area contributed by atoms with E-state index in [-0.39, 0.29) is 12.0 Å². The minimum absolute atomic E-state index is 0.000237. The van der Waals surface area contributed by atoms with Crippen LogP contribution < -0.4 is 4.74 Å². The highest BCUT2D eigenvalue weighted by molar-refractivity contribution is 5.30. The van der Waals surface area contributed by atoms with Gasteiger partial charge in [-0.05, 0) is 18.9 Å². The highest BCUT2D eigenvalue weighted by atomic mass is 16.7. The Morgan fingerprint density at radius 1 is 1.35 bits per heavy atom. The van der Waals surface area contributed by atoms with Gasteiger partial charge in [0.25, 0.3) is 0 Å². The molecule has 0 amide bonds. The summed E-state index contributed by atoms with van der Waals surface area (Å²) < 4.78 is 16.7. The molecule has 1 N–H and O–H groups in total. The van der Waals surface area contributed by atoms with E-state index in [0.717, 1.165) is 17.7 Å². The van der Waals surface area contributed by atoms with E-state index < -0.39 is 5.79 Å². The zero-order chi connectivity index (χ0) is 14.2. The largest absolute Gasteiger partial charge is 0.481 e. The molecule has 1 aliphatic heterocycles. The molecule has 0 bridgehead atoms. The summed E-state index contributed by atoms with van der Waals surface area (Å²) in [5, 5.41) is 10.3. The van der Waals surface area contributed by atoms with Crippen molar-refractivity contribution in [2.75, 3.05) is 20.3 Å². The molecule has 2 atom stereocenters. The third-order valence-corrected chi connectivity index (χ3v) is 4.34. The van der Waals surface area contributed by atoms with Gasteiger partial charge in [-0.3, -0.25) is 0 Å². The lowest BCUT2D eigenvalue weighted by Gasteiger charge is -2.39. The number of aliphatic hydroxyl groups excluding tert-OH is 1. The Morgan fingerprint density at radius 3 is 2.75 bits per heavy atom. The molecule has 20 heavy (non-hydrogen) atoms. The normalized spacial score (nSPS) is 28.8. The highest BCUT2D eigenvalue weighted by Gasteiger charge is 2.45. The second-order valence-corrected chi connectivity index (χ2v) is 5.55. The van der Waals surface area contributed by atoms with Crippen LogP contribution in [0.5, 0.6) is 5.88 Å². The van der Waals surface area contributed by atoms with Gasteiger partial charge in [-0.2, -0.15) is 0 Å². The number of pyridine rings is 1. The fourth-order valence-corrected chi connectivity index (χ4v) is 3.27. The fraction of sp³-hybridized carbons (Fsp3) is 0.667. The van der Waals surface area contributed by atoms with Crippen molar-refractivity contribution in [1.82, 2.24) is 4.98 Å². The van der Waals surface area contributed by atoms with E-state index in [4.69, 9.17) is 14.2 Å². The van der Waals surface area contributed by atoms with E-state index in [1.807, 2.05) is 19.1 Å². The Hall–Kier alpha value is -1.17. The summed E-state index contributed by atoms with van der Waals surface area (Å²) in [6, 6.07) is 3.83. The van der Waals surface area contributed by atoms with Gasteiger partial charge in [-0.25, -0.2) is 4.98 Å². The Bertz CT molecular complexity index is 485. The predicted octanol–water partition coefficient (Wildman–Crippen LogP) is 1.77. The molecule has 1 aromatic heterocycles. The van der Waals surface area contributed by atoms with Crippen LogP contribution in [0.15, 0.2) is 12.1 Å². The summed E-state index contributed by atoms with van der Waals surface area (Å²) in [5.41, 5.74) is 1.94. The maximum absolute atomic E-state index is 10.3. The molecule has 2 aliphatic rings. The molecule has 0 radical (unpaired) electrons. The number of hydrogen-bond acceptors (Lipinski definition) is 5. The van der Waals surface area contributed by atoms with Crippen molar-refractivity contribution < 1.29 is 19.3 Å². The van der Waals surface area contributed by atoms with Gasteiger partial charge in [-0.15, -0.1) is 0 Å². The molecule has 1 aliphatic carbocycles. The van der Waals surface area contributed by atoms with Crippen molar-refractivity contribution >= 4 is 0 Å². The number of ether oxygens (including phenoxy) is 3. The molecule has 2 heterocycles. The average Bonchev–Trinajstić information content (AvgIpc) is 2.90. The van der Waals surface area contributed by atoms with Crippen molar-refractivity contribution in [1.29, 1.82) is 0 Å². The number of aliphatic hydroxyl groups is 1. The van der Waals surface area contributed by atoms with Gasteiger partial charge in [0, 0.05) is 30.5 Å². The van der Waals surface area contributed by atoms with Crippen LogP contribution in [0, 0.1) is 6.92 Å². The third-order valence-electron chi connectivity index (χ3n) is 4.34. The van der Waals surface area contributed by atoms with Crippen LogP contribution in [-0.2, 0) is 9.47 Å². The van der Waals surface area contributed by atoms with Gasteiger partial charge < -0.3 is 19.3 Å². The minimum Gasteiger partial charge on any atom is -0.481 e. The molecule has 1 saturated carbocycles. The average molecular weight is 279 g/mol. The second kappa shape index (κ2) is 5.31. The molecule has 3 rings (SSSR count). The summed E-state index contributed by atoms with van der Waals surface area (Å²) in [4.78, 5) is 4.40. The Labute approximate surface area is 118 Å². The van der Waals surface area contributed by atoms with Crippen molar-refractivity contribution in [3.05, 3.63) is 23.4 Å². The second-order valence-electron chi connectivity index (χ2n) is 5.55. The molecule has 0 unspecified atom stereocenters. The summed E-state index contributed by atoms with van der Waals surface area (Å²) in [5.74, 6) is 0.0934. The number of methoxy groups -OCH3 is 1. The van der Waals surface area contributed by atoms with Crippen LogP contribution in [-0.4, -0.2) is 42.3 Å². The maximum atomic E-state index is 10.3. The van der Waals surface area contributed by atoms with E-state index in [9.17, 15) is 5.11 Å². The van der Waals surface area contributed by atoms with Gasteiger partial charge in [0.05, 0.1) is 26.4 Å². The van der Waals surface area contributed by atoms with Crippen LogP contribution in [0.3, 0.4) is 0 Å². The first-order valence-electron chi connectivity index (χ1n) is 7.11. The van der Waals surface area contributed by atoms with Crippen molar-refractivity contribution in [3.63, 3.8) is 0 Å². The van der Waals surface area contributed by atoms with Gasteiger partial charge in [0.2, 0.25) is 5.88 Å². The number of rotatable bonds is 2. The number of aryl methyl sites for hydroxylation is 1. The van der Waals surface area contributed by atoms with Crippen LogP contribution in [0.4, 0.5) is 0 Å². The summed E-state index contributed by atoms with van der Waals surface area (Å²) in [6.07, 6.45) is 1.76. The van der Waals surface area contributed by atoms with Crippen LogP contribution in [0.2, 0.25) is 0 Å². The van der Waals surface area contributed by atoms with E-state index in [2.05, 4.69) is 4.98 Å². The minimum atomic E-state index is -0.504. The molecular formula is C15H21NO4. The number of nitrogens with zero attached hydrogens (tertiary/aromatic N) is 1. The predicted molar refractivity (Wildman–Crippen MR) is 72.8 cm³/mol. The Balaban J connectivity index is 1.87. The standard InChI is InChI=1S/C15H21NO4/c1-10-11(3-4-14(16-10)18-2)12-9-15(6-5-13(12)17)19-7-8-20-15/h3-4,12-13,17H,5-9H2,1-2H3/t12-,13+/m1/s1. The number of hydrogen-bond donors (Lipinski definition) is 1. The lowest BCUT2D eigenvalue weighted by Crippen LogP contribution is -2.41. The molecule has 2 fully saturated rings. The lowest BCUT2D eigenvalue weighted by atomic mass is 9.78. The molecule has 0 aromatic carbocycles.